The van der Waals surface area contributed by atoms with Gasteiger partial charge in [-0.05, 0) is 6.42 Å². The van der Waals surface area contributed by atoms with Crippen LogP contribution in [0.15, 0.2) is 12.5 Å². The normalized spacial score (nSPS) is 14.4. The predicted molar refractivity (Wildman–Crippen MR) is 45.5 cm³/mol. The molecule has 1 rings (SSSR count). The Bertz CT molecular complexity index is 292. The van der Waals surface area contributed by atoms with Crippen molar-refractivity contribution in [2.45, 2.75) is 32.1 Å². The highest BCUT2D eigenvalue weighted by atomic mass is 19.4. The van der Waals surface area contributed by atoms with Crippen LogP contribution in [0.3, 0.4) is 0 Å². The Labute approximate surface area is 79.7 Å². The maximum atomic E-state index is 12.3. The molecule has 0 spiro atoms. The van der Waals surface area contributed by atoms with Crippen molar-refractivity contribution >= 4 is 0 Å². The van der Waals surface area contributed by atoms with Gasteiger partial charge in [0.25, 0.3) is 0 Å². The van der Waals surface area contributed by atoms with Gasteiger partial charge in [0.05, 0.1) is 18.2 Å². The van der Waals surface area contributed by atoms with Crippen LogP contribution in [0.2, 0.25) is 0 Å². The van der Waals surface area contributed by atoms with Crippen molar-refractivity contribution in [3.8, 4) is 0 Å². The first-order valence-electron chi connectivity index (χ1n) is 4.29. The smallest absolute Gasteiger partial charge is 0.333 e. The molecule has 0 saturated heterocycles. The molecular formula is C8H12F3N3. The third kappa shape index (κ3) is 2.25. The average molecular weight is 207 g/mol. The molecule has 1 atom stereocenters. The molecule has 0 aromatic carbocycles. The highest BCUT2D eigenvalue weighted by Crippen LogP contribution is 2.30. The number of nitrogens with two attached hydrogens (primary N) is 1. The Morgan fingerprint density at radius 3 is 2.71 bits per heavy atom. The van der Waals surface area contributed by atoms with E-state index in [1.54, 1.807) is 0 Å². The van der Waals surface area contributed by atoms with Gasteiger partial charge in [0.15, 0.2) is 0 Å². The van der Waals surface area contributed by atoms with Gasteiger partial charge in [0, 0.05) is 6.54 Å². The Kier molecular flexibility index (Phi) is 3.15. The lowest BCUT2D eigenvalue weighted by molar-refractivity contribution is -0.150. The van der Waals surface area contributed by atoms with E-state index in [-0.39, 0.29) is 5.69 Å². The van der Waals surface area contributed by atoms with Crippen LogP contribution in [0.5, 0.6) is 0 Å². The lowest BCUT2D eigenvalue weighted by Gasteiger charge is -2.16. The Hall–Kier alpha value is -1.04. The molecular weight excluding hydrogens is 195 g/mol. The molecule has 0 saturated carbocycles. The van der Waals surface area contributed by atoms with Crippen molar-refractivity contribution in [1.29, 1.82) is 0 Å². The second kappa shape index (κ2) is 4.00. The fourth-order valence-corrected chi connectivity index (χ4v) is 1.19. The summed E-state index contributed by atoms with van der Waals surface area (Å²) in [7, 11) is 0. The molecule has 1 aromatic rings. The highest BCUT2D eigenvalue weighted by molar-refractivity contribution is 5.06. The summed E-state index contributed by atoms with van der Waals surface area (Å²) in [6, 6.07) is -1.95. The van der Waals surface area contributed by atoms with Crippen molar-refractivity contribution in [2.24, 2.45) is 5.73 Å². The molecule has 0 fully saturated rings. The first-order chi connectivity index (χ1) is 6.46. The van der Waals surface area contributed by atoms with E-state index in [4.69, 9.17) is 5.73 Å². The SMILES string of the molecule is CCCn1cncc1C(N)C(F)(F)F. The highest BCUT2D eigenvalue weighted by Gasteiger charge is 2.39. The van der Waals surface area contributed by atoms with Crippen LogP contribution in [0.25, 0.3) is 0 Å². The van der Waals surface area contributed by atoms with Gasteiger partial charge >= 0.3 is 6.18 Å². The number of alkyl halides is 3. The number of rotatable bonds is 3. The molecule has 14 heavy (non-hydrogen) atoms. The van der Waals surface area contributed by atoms with Gasteiger partial charge in [-0.2, -0.15) is 13.2 Å². The van der Waals surface area contributed by atoms with Crippen molar-refractivity contribution < 1.29 is 13.2 Å². The number of aryl methyl sites for hydroxylation is 1. The van der Waals surface area contributed by atoms with Crippen LogP contribution >= 0.6 is 0 Å². The first kappa shape index (κ1) is 11.0. The number of imidazole rings is 1. The lowest BCUT2D eigenvalue weighted by Crippen LogP contribution is -2.30. The van der Waals surface area contributed by atoms with E-state index in [9.17, 15) is 13.2 Å². The summed E-state index contributed by atoms with van der Waals surface area (Å²) in [4.78, 5) is 3.66. The Morgan fingerprint density at radius 2 is 2.21 bits per heavy atom. The maximum absolute atomic E-state index is 12.3. The minimum Gasteiger partial charge on any atom is -0.333 e. The number of nitrogens with zero attached hydrogens (tertiary/aromatic N) is 2. The Morgan fingerprint density at radius 1 is 1.57 bits per heavy atom. The molecule has 80 valence electrons. The van der Waals surface area contributed by atoms with Gasteiger partial charge in [-0.25, -0.2) is 4.98 Å². The third-order valence-corrected chi connectivity index (χ3v) is 1.88. The summed E-state index contributed by atoms with van der Waals surface area (Å²) in [6.07, 6.45) is -1.14. The Balaban J connectivity index is 2.89. The molecule has 0 aliphatic carbocycles. The fourth-order valence-electron chi connectivity index (χ4n) is 1.19. The topological polar surface area (TPSA) is 43.8 Å². The van der Waals surface area contributed by atoms with E-state index in [0.717, 1.165) is 12.6 Å². The molecule has 1 unspecified atom stereocenters. The van der Waals surface area contributed by atoms with Crippen molar-refractivity contribution in [3.05, 3.63) is 18.2 Å². The van der Waals surface area contributed by atoms with E-state index in [0.29, 0.717) is 6.54 Å². The fraction of sp³-hybridized carbons (Fsp3) is 0.625. The maximum Gasteiger partial charge on any atom is 0.409 e. The van der Waals surface area contributed by atoms with E-state index in [1.807, 2.05) is 6.92 Å². The van der Waals surface area contributed by atoms with Crippen LogP contribution in [-0.4, -0.2) is 15.7 Å². The standard InChI is InChI=1S/C8H12F3N3/c1-2-3-14-5-13-4-6(14)7(12)8(9,10)11/h4-5,7H,2-3,12H2,1H3. The second-order valence-electron chi connectivity index (χ2n) is 3.03. The van der Waals surface area contributed by atoms with Gasteiger partial charge in [0.2, 0.25) is 0 Å². The van der Waals surface area contributed by atoms with Gasteiger partial charge in [-0.1, -0.05) is 6.92 Å². The zero-order valence-corrected chi connectivity index (χ0v) is 7.75. The third-order valence-electron chi connectivity index (χ3n) is 1.88. The first-order valence-corrected chi connectivity index (χ1v) is 4.29. The largest absolute Gasteiger partial charge is 0.409 e. The zero-order valence-electron chi connectivity index (χ0n) is 7.75. The lowest BCUT2D eigenvalue weighted by atomic mass is 10.2. The summed E-state index contributed by atoms with van der Waals surface area (Å²) in [5.74, 6) is 0. The van der Waals surface area contributed by atoms with Gasteiger partial charge in [-0.15, -0.1) is 0 Å². The summed E-state index contributed by atoms with van der Waals surface area (Å²) in [5, 5.41) is 0. The molecule has 2 N–H and O–H groups in total. The van der Waals surface area contributed by atoms with Crippen LogP contribution in [-0.2, 0) is 6.54 Å². The van der Waals surface area contributed by atoms with Crippen LogP contribution in [0, 0.1) is 0 Å². The summed E-state index contributed by atoms with van der Waals surface area (Å²) >= 11 is 0. The molecule has 0 aliphatic rings. The number of hydrogen-bond donors (Lipinski definition) is 1. The molecule has 3 nitrogen and oxygen atoms in total. The minimum atomic E-state index is -4.41. The number of hydrogen-bond acceptors (Lipinski definition) is 2. The zero-order chi connectivity index (χ0) is 10.8. The minimum absolute atomic E-state index is 0.0133. The summed E-state index contributed by atoms with van der Waals surface area (Å²) < 4.78 is 38.2. The molecule has 0 bridgehead atoms. The number of halogens is 3. The summed E-state index contributed by atoms with van der Waals surface area (Å²) in [6.45, 7) is 2.38. The van der Waals surface area contributed by atoms with Crippen molar-refractivity contribution in [1.82, 2.24) is 9.55 Å². The predicted octanol–water partition coefficient (Wildman–Crippen LogP) is 1.86. The second-order valence-corrected chi connectivity index (χ2v) is 3.03. The molecule has 0 aliphatic heterocycles. The average Bonchev–Trinajstić information content (AvgIpc) is 2.50. The van der Waals surface area contributed by atoms with Crippen LogP contribution in [0.1, 0.15) is 25.1 Å². The van der Waals surface area contributed by atoms with Crippen LogP contribution in [0.4, 0.5) is 13.2 Å². The molecule has 0 amide bonds. The molecule has 0 radical (unpaired) electrons. The van der Waals surface area contributed by atoms with Crippen LogP contribution < -0.4 is 5.73 Å². The quantitative estimate of drug-likeness (QED) is 0.822. The molecule has 1 heterocycles. The summed E-state index contributed by atoms with van der Waals surface area (Å²) in [5.41, 5.74) is 5.08. The van der Waals surface area contributed by atoms with Crippen molar-refractivity contribution in [2.75, 3.05) is 0 Å². The van der Waals surface area contributed by atoms with Crippen molar-refractivity contribution in [3.63, 3.8) is 0 Å². The van der Waals surface area contributed by atoms with E-state index >= 15 is 0 Å². The van der Waals surface area contributed by atoms with Gasteiger partial charge < -0.3 is 10.3 Å². The number of aromatic nitrogens is 2. The van der Waals surface area contributed by atoms with E-state index in [1.165, 1.54) is 10.9 Å². The molecule has 1 aromatic heterocycles. The van der Waals surface area contributed by atoms with Gasteiger partial charge in [0.1, 0.15) is 6.04 Å². The van der Waals surface area contributed by atoms with Gasteiger partial charge in [-0.3, -0.25) is 0 Å². The van der Waals surface area contributed by atoms with E-state index < -0.39 is 12.2 Å². The molecule has 6 heteroatoms. The monoisotopic (exact) mass is 207 g/mol. The van der Waals surface area contributed by atoms with E-state index in [2.05, 4.69) is 4.98 Å².